The van der Waals surface area contributed by atoms with Crippen LogP contribution in [0.1, 0.15) is 128 Å². The first-order chi connectivity index (χ1) is 17.9. The monoisotopic (exact) mass is 527 g/mol. The van der Waals surface area contributed by atoms with Gasteiger partial charge in [-0.1, -0.05) is 40.5 Å². The van der Waals surface area contributed by atoms with E-state index in [1.54, 1.807) is 0 Å². The van der Waals surface area contributed by atoms with Crippen molar-refractivity contribution in [3.05, 3.63) is 27.2 Å². The van der Waals surface area contributed by atoms with Crippen LogP contribution in [0.2, 0.25) is 0 Å². The molecule has 3 unspecified atom stereocenters. The average molecular weight is 528 g/mol. The number of hydrogen-bond donors (Lipinski definition) is 0. The molecule has 6 nitrogen and oxygen atoms in total. The van der Waals surface area contributed by atoms with E-state index in [2.05, 4.69) is 39.8 Å². The summed E-state index contributed by atoms with van der Waals surface area (Å²) in [5.74, 6) is 0.975. The number of carbonyl (C=O) groups excluding carboxylic acids is 2. The number of nitroso groups, excluding NO2 is 1. The Bertz CT molecular complexity index is 1050. The molecule has 1 aromatic rings. The summed E-state index contributed by atoms with van der Waals surface area (Å²) in [7, 11) is 0. The van der Waals surface area contributed by atoms with Gasteiger partial charge in [-0.3, -0.25) is 9.59 Å². The Balaban J connectivity index is 1.81. The number of benzene rings is 1. The highest BCUT2D eigenvalue weighted by molar-refractivity contribution is 5.83. The van der Waals surface area contributed by atoms with E-state index in [0.717, 1.165) is 59.6 Å². The van der Waals surface area contributed by atoms with Crippen LogP contribution in [0.5, 0.6) is 11.5 Å². The third-order valence-corrected chi connectivity index (χ3v) is 10.9. The zero-order valence-corrected chi connectivity index (χ0v) is 25.1. The summed E-state index contributed by atoms with van der Waals surface area (Å²) in [5, 5.41) is 2.35. The molecule has 1 amide bonds. The lowest BCUT2D eigenvalue weighted by Crippen LogP contribution is -2.52. The highest BCUT2D eigenvalue weighted by atomic mass is 16.5. The maximum Gasteiger partial charge on any atom is 0.311 e. The van der Waals surface area contributed by atoms with E-state index < -0.39 is 11.9 Å². The molecule has 1 fully saturated rings. The molecule has 3 rings (SSSR count). The fourth-order valence-corrected chi connectivity index (χ4v) is 7.28. The molecule has 2 aliphatic rings. The van der Waals surface area contributed by atoms with E-state index >= 15 is 0 Å². The van der Waals surface area contributed by atoms with Gasteiger partial charge in [0.15, 0.2) is 0 Å². The van der Waals surface area contributed by atoms with Crippen molar-refractivity contribution in [2.75, 3.05) is 0 Å². The second-order valence-corrected chi connectivity index (χ2v) is 12.4. The van der Waals surface area contributed by atoms with Gasteiger partial charge >= 0.3 is 5.97 Å². The lowest BCUT2D eigenvalue weighted by Gasteiger charge is -2.52. The molecule has 1 saturated carbocycles. The number of carbonyl (C=O) groups is 2. The van der Waals surface area contributed by atoms with Gasteiger partial charge < -0.3 is 9.47 Å². The second-order valence-electron chi connectivity index (χ2n) is 12.4. The van der Waals surface area contributed by atoms with Gasteiger partial charge in [0, 0.05) is 22.6 Å². The SMILES string of the molecule is CCC1(C)CCC1CCCC(CC)(CC)C1(C)CCc2c(C)c(OC(=O)CCC(=O)N=O)c(C)c(C)c2O1. The highest BCUT2D eigenvalue weighted by Crippen LogP contribution is 2.55. The quantitative estimate of drug-likeness (QED) is 0.155. The maximum atomic E-state index is 12.4. The van der Waals surface area contributed by atoms with Crippen LogP contribution in [-0.4, -0.2) is 17.5 Å². The summed E-state index contributed by atoms with van der Waals surface area (Å²) in [4.78, 5) is 33.9. The molecule has 1 aliphatic carbocycles. The highest BCUT2D eigenvalue weighted by Gasteiger charge is 2.50. The molecule has 38 heavy (non-hydrogen) atoms. The van der Waals surface area contributed by atoms with Crippen LogP contribution in [0, 0.1) is 42.4 Å². The van der Waals surface area contributed by atoms with Crippen LogP contribution in [0.25, 0.3) is 0 Å². The van der Waals surface area contributed by atoms with E-state index in [1.165, 1.54) is 38.5 Å². The number of hydrogen-bond acceptors (Lipinski definition) is 5. The van der Waals surface area contributed by atoms with Gasteiger partial charge in [0.05, 0.1) is 6.42 Å². The maximum absolute atomic E-state index is 12.4. The van der Waals surface area contributed by atoms with E-state index in [1.807, 2.05) is 20.8 Å². The normalized spacial score (nSPS) is 24.7. The van der Waals surface area contributed by atoms with Crippen molar-refractivity contribution >= 4 is 11.9 Å². The molecule has 0 spiro atoms. The van der Waals surface area contributed by atoms with Crippen LogP contribution in [0.15, 0.2) is 5.18 Å². The molecule has 3 atom stereocenters. The smallest absolute Gasteiger partial charge is 0.311 e. The lowest BCUT2D eigenvalue weighted by atomic mass is 9.57. The molecule has 1 aliphatic heterocycles. The predicted molar refractivity (Wildman–Crippen MR) is 152 cm³/mol. The van der Waals surface area contributed by atoms with Gasteiger partial charge in [-0.15, -0.1) is 4.91 Å². The number of nitrogens with zero attached hydrogens (tertiary/aromatic N) is 1. The summed E-state index contributed by atoms with van der Waals surface area (Å²) in [6, 6.07) is 0. The number of fused-ring (bicyclic) bond motifs is 1. The minimum absolute atomic E-state index is 0.107. The van der Waals surface area contributed by atoms with Crippen molar-refractivity contribution in [1.29, 1.82) is 0 Å². The van der Waals surface area contributed by atoms with E-state index in [0.29, 0.717) is 11.2 Å². The molecule has 1 aromatic carbocycles. The second kappa shape index (κ2) is 11.9. The summed E-state index contributed by atoms with van der Waals surface area (Å²) in [6.45, 7) is 17.7. The van der Waals surface area contributed by atoms with Gasteiger partial charge in [-0.25, -0.2) is 0 Å². The molecular formula is C32H49NO5. The molecular weight excluding hydrogens is 478 g/mol. The molecule has 0 aromatic heterocycles. The third-order valence-electron chi connectivity index (χ3n) is 10.9. The van der Waals surface area contributed by atoms with Crippen LogP contribution in [0.4, 0.5) is 0 Å². The average Bonchev–Trinajstić information content (AvgIpc) is 2.91. The van der Waals surface area contributed by atoms with Crippen molar-refractivity contribution in [2.24, 2.45) is 21.9 Å². The van der Waals surface area contributed by atoms with Crippen molar-refractivity contribution in [2.45, 2.75) is 138 Å². The number of esters is 1. The Morgan fingerprint density at radius 3 is 2.26 bits per heavy atom. The van der Waals surface area contributed by atoms with E-state index in [9.17, 15) is 14.5 Å². The summed E-state index contributed by atoms with van der Waals surface area (Å²) < 4.78 is 12.7. The summed E-state index contributed by atoms with van der Waals surface area (Å²) in [5.41, 5.74) is 4.28. The van der Waals surface area contributed by atoms with Crippen LogP contribution >= 0.6 is 0 Å². The number of amides is 1. The fourth-order valence-electron chi connectivity index (χ4n) is 7.28. The Morgan fingerprint density at radius 1 is 1.03 bits per heavy atom. The fraction of sp³-hybridized carbons (Fsp3) is 0.750. The summed E-state index contributed by atoms with van der Waals surface area (Å²) >= 11 is 0. The largest absolute Gasteiger partial charge is 0.486 e. The zero-order chi connectivity index (χ0) is 28.3. The van der Waals surface area contributed by atoms with Crippen LogP contribution in [-0.2, 0) is 16.0 Å². The minimum Gasteiger partial charge on any atom is -0.486 e. The van der Waals surface area contributed by atoms with Gasteiger partial charge in [0.25, 0.3) is 5.91 Å². The third kappa shape index (κ3) is 5.56. The van der Waals surface area contributed by atoms with Gasteiger partial charge in [-0.2, -0.15) is 0 Å². The van der Waals surface area contributed by atoms with Crippen molar-refractivity contribution < 1.29 is 19.1 Å². The Labute approximate surface area is 229 Å². The number of rotatable bonds is 12. The van der Waals surface area contributed by atoms with Crippen LogP contribution in [0.3, 0.4) is 0 Å². The Hall–Kier alpha value is -2.24. The topological polar surface area (TPSA) is 82.0 Å². The van der Waals surface area contributed by atoms with Gasteiger partial charge in [0.1, 0.15) is 17.1 Å². The standard InChI is InChI=1S/C32H49NO5/c1-9-30(7)19-16-24(30)13-12-18-32(10-2,11-3)31(8)20-17-25-23(6)28(21(4)22(5)29(25)38-31)37-27(35)15-14-26(34)33-36/h24H,9-20H2,1-8H3. The van der Waals surface area contributed by atoms with Crippen molar-refractivity contribution in [3.8, 4) is 11.5 Å². The lowest BCUT2D eigenvalue weighted by molar-refractivity contribution is -0.136. The Kier molecular flexibility index (Phi) is 9.47. The number of ether oxygens (including phenoxy) is 2. The van der Waals surface area contributed by atoms with Gasteiger partial charge in [-0.05, 0) is 107 Å². The first-order valence-electron chi connectivity index (χ1n) is 14.8. The molecule has 0 saturated heterocycles. The molecule has 0 bridgehead atoms. The van der Waals surface area contributed by atoms with E-state index in [4.69, 9.17) is 9.47 Å². The van der Waals surface area contributed by atoms with E-state index in [-0.39, 0.29) is 23.9 Å². The molecule has 6 heteroatoms. The van der Waals surface area contributed by atoms with Crippen molar-refractivity contribution in [3.63, 3.8) is 0 Å². The molecule has 1 heterocycles. The van der Waals surface area contributed by atoms with Crippen molar-refractivity contribution in [1.82, 2.24) is 0 Å². The Morgan fingerprint density at radius 2 is 1.71 bits per heavy atom. The molecule has 0 radical (unpaired) electrons. The summed E-state index contributed by atoms with van der Waals surface area (Å²) in [6.07, 6.45) is 11.4. The molecule has 0 N–H and O–H groups in total. The molecule has 212 valence electrons. The minimum atomic E-state index is -0.841. The first-order valence-corrected chi connectivity index (χ1v) is 14.8. The van der Waals surface area contributed by atoms with Gasteiger partial charge in [0.2, 0.25) is 0 Å². The first kappa shape index (κ1) is 30.3. The van der Waals surface area contributed by atoms with Crippen LogP contribution < -0.4 is 9.47 Å². The zero-order valence-electron chi connectivity index (χ0n) is 25.1. The predicted octanol–water partition coefficient (Wildman–Crippen LogP) is 8.48.